The normalized spacial score (nSPS) is 15.1. The molecule has 0 bridgehead atoms. The number of aryl methyl sites for hydroxylation is 1. The highest BCUT2D eigenvalue weighted by molar-refractivity contribution is 5.96. The Labute approximate surface area is 159 Å². The topological polar surface area (TPSA) is 56.2 Å². The van der Waals surface area contributed by atoms with Crippen LogP contribution in [0.15, 0.2) is 24.3 Å². The summed E-state index contributed by atoms with van der Waals surface area (Å²) in [5.41, 5.74) is 2.72. The lowest BCUT2D eigenvalue weighted by Gasteiger charge is -2.21. The van der Waals surface area contributed by atoms with E-state index in [2.05, 4.69) is 10.4 Å². The highest BCUT2D eigenvalue weighted by Gasteiger charge is 2.19. The number of ether oxygens (including phenoxy) is 1. The van der Waals surface area contributed by atoms with Gasteiger partial charge in [0.05, 0.1) is 28.7 Å². The molecule has 1 aliphatic carbocycles. The number of carbonyl (C=O) groups excluding carboxylic acids is 1. The summed E-state index contributed by atoms with van der Waals surface area (Å²) in [5, 5.41) is 7.41. The molecule has 1 amide bonds. The number of benzene rings is 1. The third-order valence-electron chi connectivity index (χ3n) is 5.10. The summed E-state index contributed by atoms with van der Waals surface area (Å²) in [6.45, 7) is 4.92. The van der Waals surface area contributed by atoms with E-state index in [1.54, 1.807) is 16.8 Å². The van der Waals surface area contributed by atoms with Crippen molar-refractivity contribution in [3.8, 4) is 5.69 Å². The largest absolute Gasteiger partial charge is 0.378 e. The summed E-state index contributed by atoms with van der Waals surface area (Å²) in [4.78, 5) is 12.6. The lowest BCUT2D eigenvalue weighted by atomic mass is 9.98. The minimum absolute atomic E-state index is 0.129. The Morgan fingerprint density at radius 1 is 1.22 bits per heavy atom. The van der Waals surface area contributed by atoms with Gasteiger partial charge in [-0.2, -0.15) is 5.10 Å². The Morgan fingerprint density at radius 3 is 2.63 bits per heavy atom. The van der Waals surface area contributed by atoms with Crippen LogP contribution in [0.5, 0.6) is 0 Å². The maximum Gasteiger partial charge on any atom is 0.255 e. The van der Waals surface area contributed by atoms with Crippen LogP contribution in [0, 0.1) is 19.7 Å². The molecule has 5 nitrogen and oxygen atoms in total. The van der Waals surface area contributed by atoms with Crippen molar-refractivity contribution in [2.45, 2.75) is 58.5 Å². The molecule has 0 unspecified atom stereocenters. The van der Waals surface area contributed by atoms with E-state index in [1.165, 1.54) is 31.4 Å². The first-order valence-electron chi connectivity index (χ1n) is 9.78. The summed E-state index contributed by atoms with van der Waals surface area (Å²) in [6.07, 6.45) is 7.36. The molecule has 2 aromatic rings. The van der Waals surface area contributed by atoms with Crippen molar-refractivity contribution in [1.29, 1.82) is 0 Å². The second-order valence-electron chi connectivity index (χ2n) is 7.17. The molecule has 0 spiro atoms. The highest BCUT2D eigenvalue weighted by atomic mass is 19.1. The fraction of sp³-hybridized carbons (Fsp3) is 0.524. The number of nitrogens with zero attached hydrogens (tertiary/aromatic N) is 2. The first-order chi connectivity index (χ1) is 13.1. The van der Waals surface area contributed by atoms with Crippen LogP contribution < -0.4 is 5.32 Å². The van der Waals surface area contributed by atoms with E-state index in [0.717, 1.165) is 30.6 Å². The van der Waals surface area contributed by atoms with E-state index in [0.29, 0.717) is 30.5 Å². The third kappa shape index (κ3) is 4.95. The zero-order valence-corrected chi connectivity index (χ0v) is 16.1. The minimum atomic E-state index is -0.298. The molecule has 1 aromatic heterocycles. The van der Waals surface area contributed by atoms with Crippen molar-refractivity contribution in [2.75, 3.05) is 13.2 Å². The van der Waals surface area contributed by atoms with Crippen LogP contribution >= 0.6 is 0 Å². The van der Waals surface area contributed by atoms with Gasteiger partial charge in [0.2, 0.25) is 0 Å². The summed E-state index contributed by atoms with van der Waals surface area (Å²) in [6, 6.07) is 6.08. The fourth-order valence-electron chi connectivity index (χ4n) is 3.65. The van der Waals surface area contributed by atoms with E-state index in [4.69, 9.17) is 4.74 Å². The summed E-state index contributed by atoms with van der Waals surface area (Å²) >= 11 is 0. The Morgan fingerprint density at radius 2 is 1.93 bits per heavy atom. The molecule has 3 rings (SSSR count). The van der Waals surface area contributed by atoms with Gasteiger partial charge < -0.3 is 10.1 Å². The molecule has 0 saturated heterocycles. The van der Waals surface area contributed by atoms with Crippen molar-refractivity contribution < 1.29 is 13.9 Å². The van der Waals surface area contributed by atoms with Gasteiger partial charge in [0.1, 0.15) is 5.82 Å². The Hall–Kier alpha value is -2.21. The number of hydrogen-bond donors (Lipinski definition) is 1. The van der Waals surface area contributed by atoms with Crippen LogP contribution in [-0.4, -0.2) is 34.9 Å². The molecule has 0 radical (unpaired) electrons. The lowest BCUT2D eigenvalue weighted by molar-refractivity contribution is 0.0273. The van der Waals surface area contributed by atoms with Crippen molar-refractivity contribution in [2.24, 2.45) is 0 Å². The number of rotatable bonds is 7. The van der Waals surface area contributed by atoms with Crippen LogP contribution in [0.25, 0.3) is 5.69 Å². The highest BCUT2D eigenvalue weighted by Crippen LogP contribution is 2.20. The van der Waals surface area contributed by atoms with Crippen LogP contribution in [0.1, 0.15) is 60.3 Å². The first-order valence-corrected chi connectivity index (χ1v) is 9.78. The Balaban J connectivity index is 1.53. The van der Waals surface area contributed by atoms with Crippen molar-refractivity contribution >= 4 is 5.91 Å². The summed E-state index contributed by atoms with van der Waals surface area (Å²) in [5.74, 6) is -0.426. The maximum atomic E-state index is 13.1. The standard InChI is InChI=1S/C21H28FN3O2/c1-15-20(16(2)25(24-15)18-11-9-17(22)10-12-18)21(26)23-13-6-14-27-19-7-4-3-5-8-19/h9-12,19H,3-8,13-14H2,1-2H3,(H,23,26). The van der Waals surface area contributed by atoms with E-state index in [1.807, 2.05) is 13.8 Å². The second-order valence-corrected chi connectivity index (χ2v) is 7.17. The third-order valence-corrected chi connectivity index (χ3v) is 5.10. The molecular formula is C21H28FN3O2. The zero-order valence-electron chi connectivity index (χ0n) is 16.1. The Kier molecular flexibility index (Phi) is 6.61. The minimum Gasteiger partial charge on any atom is -0.378 e. The molecule has 1 aromatic carbocycles. The average Bonchev–Trinajstić information content (AvgIpc) is 2.97. The molecule has 0 aliphatic heterocycles. The monoisotopic (exact) mass is 373 g/mol. The first kappa shape index (κ1) is 19.5. The number of aromatic nitrogens is 2. The van der Waals surface area contributed by atoms with Crippen LogP contribution in [0.2, 0.25) is 0 Å². The average molecular weight is 373 g/mol. The maximum absolute atomic E-state index is 13.1. The summed E-state index contributed by atoms with van der Waals surface area (Å²) < 4.78 is 20.7. The molecule has 1 N–H and O–H groups in total. The molecule has 6 heteroatoms. The molecule has 27 heavy (non-hydrogen) atoms. The fourth-order valence-corrected chi connectivity index (χ4v) is 3.65. The van der Waals surface area contributed by atoms with Crippen LogP contribution in [0.3, 0.4) is 0 Å². The SMILES string of the molecule is Cc1nn(-c2ccc(F)cc2)c(C)c1C(=O)NCCCOC1CCCCC1. The smallest absolute Gasteiger partial charge is 0.255 e. The van der Waals surface area contributed by atoms with Gasteiger partial charge in [0, 0.05) is 13.2 Å². The van der Waals surface area contributed by atoms with Crippen LogP contribution in [-0.2, 0) is 4.74 Å². The van der Waals surface area contributed by atoms with Gasteiger partial charge in [-0.15, -0.1) is 0 Å². The van der Waals surface area contributed by atoms with Crippen molar-refractivity contribution in [3.05, 3.63) is 47.0 Å². The van der Waals surface area contributed by atoms with Crippen molar-refractivity contribution in [1.82, 2.24) is 15.1 Å². The molecule has 0 atom stereocenters. The number of hydrogen-bond acceptors (Lipinski definition) is 3. The molecular weight excluding hydrogens is 345 g/mol. The van der Waals surface area contributed by atoms with Gasteiger partial charge >= 0.3 is 0 Å². The molecule has 146 valence electrons. The van der Waals surface area contributed by atoms with E-state index < -0.39 is 0 Å². The predicted octanol–water partition coefficient (Wildman–Crippen LogP) is 4.10. The molecule has 1 aliphatic rings. The van der Waals surface area contributed by atoms with Crippen LogP contribution in [0.4, 0.5) is 4.39 Å². The van der Waals surface area contributed by atoms with Crippen molar-refractivity contribution in [3.63, 3.8) is 0 Å². The molecule has 1 heterocycles. The zero-order chi connectivity index (χ0) is 19.2. The second kappa shape index (κ2) is 9.13. The van der Waals surface area contributed by atoms with E-state index in [-0.39, 0.29) is 11.7 Å². The van der Waals surface area contributed by atoms with Gasteiger partial charge in [-0.3, -0.25) is 4.79 Å². The molecule has 1 fully saturated rings. The van der Waals surface area contributed by atoms with Gasteiger partial charge in [0.25, 0.3) is 5.91 Å². The number of nitrogens with one attached hydrogen (secondary N) is 1. The quantitative estimate of drug-likeness (QED) is 0.744. The van der Waals surface area contributed by atoms with Gasteiger partial charge in [-0.25, -0.2) is 9.07 Å². The predicted molar refractivity (Wildman–Crippen MR) is 103 cm³/mol. The summed E-state index contributed by atoms with van der Waals surface area (Å²) in [7, 11) is 0. The molecule has 1 saturated carbocycles. The number of halogens is 1. The van der Waals surface area contributed by atoms with Gasteiger partial charge in [-0.1, -0.05) is 19.3 Å². The lowest BCUT2D eigenvalue weighted by Crippen LogP contribution is -2.27. The number of carbonyl (C=O) groups is 1. The Bertz CT molecular complexity index is 764. The van der Waals surface area contributed by atoms with E-state index in [9.17, 15) is 9.18 Å². The number of amides is 1. The van der Waals surface area contributed by atoms with E-state index >= 15 is 0 Å². The van der Waals surface area contributed by atoms with Gasteiger partial charge in [0.15, 0.2) is 0 Å². The van der Waals surface area contributed by atoms with Gasteiger partial charge in [-0.05, 0) is 57.4 Å².